The van der Waals surface area contributed by atoms with Crippen LogP contribution in [0, 0.1) is 13.8 Å². The standard InChI is InChI=1S/C12H17N.ClH/c1-9-5-3-6-10(2)12(9)11-7-4-8-13-11;/h3,5-6,11,13H,4,7-8H2,1-2H3;1H/t11-;/m1./s1. The average molecular weight is 212 g/mol. The maximum Gasteiger partial charge on any atom is 0.0325 e. The molecule has 0 spiro atoms. The number of hydrogen-bond acceptors (Lipinski definition) is 1. The first-order valence-electron chi connectivity index (χ1n) is 5.08. The molecule has 2 rings (SSSR count). The second-order valence-electron chi connectivity index (χ2n) is 3.95. The van der Waals surface area contributed by atoms with E-state index in [1.54, 1.807) is 0 Å². The van der Waals surface area contributed by atoms with Crippen molar-refractivity contribution in [2.75, 3.05) is 6.54 Å². The fourth-order valence-corrected chi connectivity index (χ4v) is 2.31. The predicted molar refractivity (Wildman–Crippen MR) is 63.1 cm³/mol. The van der Waals surface area contributed by atoms with E-state index in [1.807, 2.05) is 0 Å². The van der Waals surface area contributed by atoms with Crippen molar-refractivity contribution in [3.8, 4) is 0 Å². The molecule has 1 aromatic carbocycles. The molecule has 0 aromatic heterocycles. The lowest BCUT2D eigenvalue weighted by molar-refractivity contribution is 0.640. The van der Waals surface area contributed by atoms with E-state index in [-0.39, 0.29) is 12.4 Å². The van der Waals surface area contributed by atoms with E-state index in [0.29, 0.717) is 6.04 Å². The highest BCUT2D eigenvalue weighted by Gasteiger charge is 2.18. The van der Waals surface area contributed by atoms with Gasteiger partial charge in [-0.05, 0) is 49.9 Å². The van der Waals surface area contributed by atoms with Crippen LogP contribution in [0.3, 0.4) is 0 Å². The Balaban J connectivity index is 0.000000980. The summed E-state index contributed by atoms with van der Waals surface area (Å²) in [5, 5.41) is 3.55. The molecule has 1 aromatic rings. The Bertz CT molecular complexity index is 283. The lowest BCUT2D eigenvalue weighted by Gasteiger charge is -2.16. The highest BCUT2D eigenvalue weighted by molar-refractivity contribution is 5.85. The molecular weight excluding hydrogens is 194 g/mol. The van der Waals surface area contributed by atoms with Gasteiger partial charge in [0, 0.05) is 6.04 Å². The Morgan fingerprint density at radius 3 is 2.36 bits per heavy atom. The molecule has 1 heterocycles. The van der Waals surface area contributed by atoms with E-state index >= 15 is 0 Å². The number of benzene rings is 1. The minimum Gasteiger partial charge on any atom is -0.310 e. The first-order valence-corrected chi connectivity index (χ1v) is 5.08. The molecule has 0 radical (unpaired) electrons. The first-order chi connectivity index (χ1) is 6.29. The van der Waals surface area contributed by atoms with Gasteiger partial charge in [0.1, 0.15) is 0 Å². The number of hydrogen-bond donors (Lipinski definition) is 1. The fourth-order valence-electron chi connectivity index (χ4n) is 2.31. The molecule has 1 saturated heterocycles. The average Bonchev–Trinajstić information content (AvgIpc) is 2.57. The zero-order valence-electron chi connectivity index (χ0n) is 8.84. The molecule has 1 atom stereocenters. The van der Waals surface area contributed by atoms with Crippen LogP contribution in [0.2, 0.25) is 0 Å². The van der Waals surface area contributed by atoms with E-state index in [9.17, 15) is 0 Å². The van der Waals surface area contributed by atoms with Crippen LogP contribution in [0.4, 0.5) is 0 Å². The van der Waals surface area contributed by atoms with Crippen molar-refractivity contribution in [1.29, 1.82) is 0 Å². The molecule has 0 saturated carbocycles. The minimum absolute atomic E-state index is 0. The Morgan fingerprint density at radius 2 is 1.86 bits per heavy atom. The topological polar surface area (TPSA) is 12.0 Å². The van der Waals surface area contributed by atoms with Crippen molar-refractivity contribution in [2.45, 2.75) is 32.7 Å². The van der Waals surface area contributed by atoms with Gasteiger partial charge in [-0.2, -0.15) is 0 Å². The van der Waals surface area contributed by atoms with Gasteiger partial charge in [0.25, 0.3) is 0 Å². The molecule has 1 fully saturated rings. The van der Waals surface area contributed by atoms with Crippen LogP contribution < -0.4 is 5.32 Å². The molecule has 0 unspecified atom stereocenters. The first kappa shape index (κ1) is 11.5. The largest absolute Gasteiger partial charge is 0.310 e. The predicted octanol–water partition coefficient (Wildman–Crippen LogP) is 3.15. The highest BCUT2D eigenvalue weighted by Crippen LogP contribution is 2.28. The van der Waals surface area contributed by atoms with Crippen LogP contribution in [0.5, 0.6) is 0 Å². The van der Waals surface area contributed by atoms with Gasteiger partial charge in [0.15, 0.2) is 0 Å². The monoisotopic (exact) mass is 211 g/mol. The molecular formula is C12H18ClN. The van der Waals surface area contributed by atoms with Crippen molar-refractivity contribution < 1.29 is 0 Å². The van der Waals surface area contributed by atoms with Crippen LogP contribution in [0.1, 0.15) is 35.6 Å². The maximum atomic E-state index is 3.55. The molecule has 1 aliphatic heterocycles. The van der Waals surface area contributed by atoms with Crippen LogP contribution in [-0.4, -0.2) is 6.54 Å². The minimum atomic E-state index is 0. The van der Waals surface area contributed by atoms with E-state index in [2.05, 4.69) is 37.4 Å². The summed E-state index contributed by atoms with van der Waals surface area (Å²) in [6, 6.07) is 7.18. The normalized spacial score (nSPS) is 20.6. The summed E-state index contributed by atoms with van der Waals surface area (Å²) >= 11 is 0. The summed E-state index contributed by atoms with van der Waals surface area (Å²) in [6.45, 7) is 5.60. The third-order valence-corrected chi connectivity index (χ3v) is 2.95. The number of nitrogens with one attached hydrogen (secondary N) is 1. The number of rotatable bonds is 1. The summed E-state index contributed by atoms with van der Waals surface area (Å²) in [7, 11) is 0. The van der Waals surface area contributed by atoms with Gasteiger partial charge in [-0.15, -0.1) is 12.4 Å². The van der Waals surface area contributed by atoms with E-state index < -0.39 is 0 Å². The third-order valence-electron chi connectivity index (χ3n) is 2.95. The smallest absolute Gasteiger partial charge is 0.0325 e. The van der Waals surface area contributed by atoms with Crippen LogP contribution in [0.15, 0.2) is 18.2 Å². The van der Waals surface area contributed by atoms with E-state index in [0.717, 1.165) is 0 Å². The van der Waals surface area contributed by atoms with Gasteiger partial charge in [-0.25, -0.2) is 0 Å². The molecule has 78 valence electrons. The van der Waals surface area contributed by atoms with Gasteiger partial charge in [0.05, 0.1) is 0 Å². The molecule has 0 aliphatic carbocycles. The van der Waals surface area contributed by atoms with Crippen LogP contribution in [0.25, 0.3) is 0 Å². The molecule has 0 bridgehead atoms. The van der Waals surface area contributed by atoms with E-state index in [4.69, 9.17) is 0 Å². The van der Waals surface area contributed by atoms with Crippen molar-refractivity contribution in [3.05, 3.63) is 34.9 Å². The number of aryl methyl sites for hydroxylation is 2. The van der Waals surface area contributed by atoms with Gasteiger partial charge in [-0.3, -0.25) is 0 Å². The Morgan fingerprint density at radius 1 is 1.21 bits per heavy atom. The summed E-state index contributed by atoms with van der Waals surface area (Å²) in [5.74, 6) is 0. The van der Waals surface area contributed by atoms with E-state index in [1.165, 1.54) is 36.1 Å². The third kappa shape index (κ3) is 2.10. The molecule has 1 N–H and O–H groups in total. The second kappa shape index (κ2) is 4.81. The molecule has 14 heavy (non-hydrogen) atoms. The highest BCUT2D eigenvalue weighted by atomic mass is 35.5. The van der Waals surface area contributed by atoms with Crippen molar-refractivity contribution in [1.82, 2.24) is 5.32 Å². The Labute approximate surface area is 92.3 Å². The zero-order valence-corrected chi connectivity index (χ0v) is 9.66. The van der Waals surface area contributed by atoms with Crippen LogP contribution in [-0.2, 0) is 0 Å². The van der Waals surface area contributed by atoms with Crippen molar-refractivity contribution >= 4 is 12.4 Å². The molecule has 1 nitrogen and oxygen atoms in total. The lowest BCUT2D eigenvalue weighted by atomic mass is 9.95. The second-order valence-corrected chi connectivity index (χ2v) is 3.95. The van der Waals surface area contributed by atoms with Crippen LogP contribution >= 0.6 is 12.4 Å². The quantitative estimate of drug-likeness (QED) is 0.753. The number of halogens is 1. The maximum absolute atomic E-state index is 3.55. The van der Waals surface area contributed by atoms with Gasteiger partial charge < -0.3 is 5.32 Å². The lowest BCUT2D eigenvalue weighted by Crippen LogP contribution is -2.15. The Hall–Kier alpha value is -0.530. The SMILES string of the molecule is Cc1cccc(C)c1[C@H]1CCCN1.Cl. The van der Waals surface area contributed by atoms with Gasteiger partial charge >= 0.3 is 0 Å². The van der Waals surface area contributed by atoms with Gasteiger partial charge in [-0.1, -0.05) is 18.2 Å². The molecule has 1 aliphatic rings. The molecule has 2 heteroatoms. The summed E-state index contributed by atoms with van der Waals surface area (Å²) < 4.78 is 0. The van der Waals surface area contributed by atoms with Gasteiger partial charge in [0.2, 0.25) is 0 Å². The fraction of sp³-hybridized carbons (Fsp3) is 0.500. The Kier molecular flexibility index (Phi) is 3.97. The summed E-state index contributed by atoms with van der Waals surface area (Å²) in [4.78, 5) is 0. The zero-order chi connectivity index (χ0) is 9.26. The van der Waals surface area contributed by atoms with Crippen molar-refractivity contribution in [2.24, 2.45) is 0 Å². The van der Waals surface area contributed by atoms with Crippen molar-refractivity contribution in [3.63, 3.8) is 0 Å². The summed E-state index contributed by atoms with van der Waals surface area (Å²) in [5.41, 5.74) is 4.39. The molecule has 0 amide bonds. The summed E-state index contributed by atoms with van der Waals surface area (Å²) in [6.07, 6.45) is 2.62.